The smallest absolute Gasteiger partial charge is 0.309 e. The summed E-state index contributed by atoms with van der Waals surface area (Å²) >= 11 is 0. The fourth-order valence-electron chi connectivity index (χ4n) is 15.1. The number of rotatable bonds is 15. The van der Waals surface area contributed by atoms with Crippen molar-refractivity contribution in [2.45, 2.75) is 6.18 Å². The summed E-state index contributed by atoms with van der Waals surface area (Å²) in [7, 11) is 0. The van der Waals surface area contributed by atoms with Crippen LogP contribution < -0.4 is 0 Å². The number of alkyl halides is 3. The molecule has 0 N–H and O–H groups in total. The number of benzene rings is 14. The van der Waals surface area contributed by atoms with Gasteiger partial charge >= 0.3 is 6.18 Å². The lowest BCUT2D eigenvalue weighted by atomic mass is 9.95. The Morgan fingerprint density at radius 3 is 0.664 bits per heavy atom. The highest BCUT2D eigenvalue weighted by molar-refractivity contribution is 6.14. The van der Waals surface area contributed by atoms with Crippen molar-refractivity contribution < 1.29 is 13.2 Å². The van der Waals surface area contributed by atoms with Gasteiger partial charge in [0.15, 0.2) is 69.9 Å². The topological polar surface area (TPSA) is 188 Å². The minimum atomic E-state index is -4.86. The summed E-state index contributed by atoms with van der Waals surface area (Å²) in [5, 5.41) is 14.9. The first-order chi connectivity index (χ1) is 57.0. The lowest BCUT2D eigenvalue weighted by molar-refractivity contribution is -0.137. The zero-order valence-corrected chi connectivity index (χ0v) is 61.3. The molecule has 14 aromatic carbocycles. The van der Waals surface area contributed by atoms with E-state index < -0.39 is 11.7 Å². The summed E-state index contributed by atoms with van der Waals surface area (Å²) in [6.45, 7) is 0. The van der Waals surface area contributed by atoms with Gasteiger partial charge in [0.05, 0.1) is 44.6 Å². The Balaban J connectivity index is 0.847. The minimum Gasteiger partial charge on any atom is -0.309 e. The summed E-state index contributed by atoms with van der Waals surface area (Å²) in [5.41, 5.74) is 11.0. The van der Waals surface area contributed by atoms with Gasteiger partial charge in [-0.2, -0.15) is 18.4 Å². The zero-order valence-electron chi connectivity index (χ0n) is 61.3. The van der Waals surface area contributed by atoms with Crippen LogP contribution in [0.15, 0.2) is 352 Å². The molecule has 116 heavy (non-hydrogen) atoms. The highest BCUT2D eigenvalue weighted by atomic mass is 19.4. The molecule has 6 heterocycles. The van der Waals surface area contributed by atoms with E-state index in [0.717, 1.165) is 50.6 Å². The molecule has 0 fully saturated rings. The summed E-state index contributed by atoms with van der Waals surface area (Å²) in [6, 6.07) is 113. The van der Waals surface area contributed by atoms with Gasteiger partial charge in [-0.1, -0.05) is 261 Å². The van der Waals surface area contributed by atoms with Crippen molar-refractivity contribution in [1.82, 2.24) is 68.9 Å². The number of nitrogens with zero attached hydrogens (tertiary/aromatic N) is 15. The number of aromatic nitrogens is 14. The summed E-state index contributed by atoms with van der Waals surface area (Å²) in [5.74, 6) is 5.17. The first kappa shape index (κ1) is 69.2. The molecule has 0 aliphatic heterocycles. The highest BCUT2D eigenvalue weighted by Crippen LogP contribution is 2.47. The summed E-state index contributed by atoms with van der Waals surface area (Å²) in [4.78, 5) is 61.3. The molecule has 0 bridgehead atoms. The number of halogens is 3. The number of hydrogen-bond acceptors (Lipinski definition) is 13. The normalized spacial score (nSPS) is 11.6. The molecule has 0 radical (unpaired) electrons. The Morgan fingerprint density at radius 1 is 0.216 bits per heavy atom. The molecule has 0 spiro atoms. The molecule has 0 saturated heterocycles. The quantitative estimate of drug-likeness (QED) is 0.0944. The molecule has 18 heteroatoms. The average Bonchev–Trinajstić information content (AvgIpc) is 1.55. The Labute approximate surface area is 661 Å². The molecule has 0 aliphatic carbocycles. The van der Waals surface area contributed by atoms with E-state index in [0.29, 0.717) is 141 Å². The Kier molecular flexibility index (Phi) is 17.3. The van der Waals surface area contributed by atoms with Gasteiger partial charge in [0, 0.05) is 93.9 Å². The van der Waals surface area contributed by atoms with Gasteiger partial charge in [-0.3, -0.25) is 0 Å². The van der Waals surface area contributed by atoms with Crippen LogP contribution in [0.3, 0.4) is 0 Å². The maximum Gasteiger partial charge on any atom is 0.417 e. The van der Waals surface area contributed by atoms with Crippen LogP contribution in [0.5, 0.6) is 0 Å². The SMILES string of the molecule is N#Cc1cc(-n2c3ccc(-c4nc(-c5ccccc5)nc(-c5ccccc5)n4)cc3c3cc(-c4nc(-c5ccccc5)nc(-c5ccccc5)n4)ccc32)c(-c2ccccc2C(F)(F)F)cc1-n1c2ccc(-c3nc(-c4ccccc4)nc(-c4ccccc4)n3)cc2c2cc(-c3nc(-c4ccccc4)nc(-c4ccccc4)n3)ccc21. The predicted molar refractivity (Wildman–Crippen MR) is 449 cm³/mol. The van der Waals surface area contributed by atoms with Crippen molar-refractivity contribution in [3.8, 4) is 165 Å². The minimum absolute atomic E-state index is 0.134. The lowest BCUT2D eigenvalue weighted by Crippen LogP contribution is -2.09. The molecule has 0 unspecified atom stereocenters. The molecule has 20 aromatic rings. The zero-order chi connectivity index (χ0) is 77.8. The number of fused-ring (bicyclic) bond motifs is 6. The van der Waals surface area contributed by atoms with Gasteiger partial charge in [0.25, 0.3) is 0 Å². The van der Waals surface area contributed by atoms with Crippen molar-refractivity contribution in [3.05, 3.63) is 363 Å². The highest BCUT2D eigenvalue weighted by Gasteiger charge is 2.35. The molecule has 15 nitrogen and oxygen atoms in total. The van der Waals surface area contributed by atoms with E-state index in [1.165, 1.54) is 12.1 Å². The standard InChI is InChI=1S/C98H58F3N15/c99-98(100,101)79-44-26-25-43-73(79)78-58-84(115-80-49-45-68(94-107-86(60-27-9-1-10-28-60)103-87(108-94)61-29-11-2-12-30-61)53-74(80)75-54-69(46-50-81(75)115)95-109-88(62-31-13-3-14-32-62)104-89(110-95)63-33-15-4-16-34-63)72(59-102)57-85(78)116-82-51-47-70(96-111-90(64-35-17-5-18-36-64)105-91(112-96)65-37-19-6-20-38-65)55-76(82)77-56-71(48-52-83(77)116)97-113-92(66-39-21-7-22-40-66)106-93(114-97)67-41-23-8-24-42-67/h1-58H. The monoisotopic (exact) mass is 1500 g/mol. The van der Waals surface area contributed by atoms with E-state index in [1.807, 2.05) is 325 Å². The van der Waals surface area contributed by atoms with E-state index in [4.69, 9.17) is 59.8 Å². The number of nitriles is 1. The first-order valence-corrected chi connectivity index (χ1v) is 37.5. The summed E-state index contributed by atoms with van der Waals surface area (Å²) < 4.78 is 52.9. The molecule has 20 rings (SSSR count). The van der Waals surface area contributed by atoms with Gasteiger partial charge in [0.1, 0.15) is 6.07 Å². The van der Waals surface area contributed by atoms with Crippen molar-refractivity contribution in [2.24, 2.45) is 0 Å². The van der Waals surface area contributed by atoms with Crippen molar-refractivity contribution in [1.29, 1.82) is 5.26 Å². The Morgan fingerprint density at radius 2 is 0.431 bits per heavy atom. The molecule has 0 aliphatic rings. The van der Waals surface area contributed by atoms with Gasteiger partial charge in [-0.25, -0.2) is 59.8 Å². The van der Waals surface area contributed by atoms with Crippen LogP contribution in [0.2, 0.25) is 0 Å². The maximum atomic E-state index is 16.3. The van der Waals surface area contributed by atoms with E-state index in [-0.39, 0.29) is 22.4 Å². The van der Waals surface area contributed by atoms with Crippen molar-refractivity contribution in [2.75, 3.05) is 0 Å². The molecular formula is C98H58F3N15. The molecule has 6 aromatic heterocycles. The van der Waals surface area contributed by atoms with Gasteiger partial charge in [-0.15, -0.1) is 0 Å². The van der Waals surface area contributed by atoms with Crippen LogP contribution in [0.4, 0.5) is 13.2 Å². The maximum absolute atomic E-state index is 16.3. The van der Waals surface area contributed by atoms with E-state index in [9.17, 15) is 5.26 Å². The summed E-state index contributed by atoms with van der Waals surface area (Å²) in [6.07, 6.45) is -4.86. The van der Waals surface area contributed by atoms with Crippen LogP contribution in [-0.4, -0.2) is 68.9 Å². The third-order valence-electron chi connectivity index (χ3n) is 20.6. The van der Waals surface area contributed by atoms with Gasteiger partial charge in [0.2, 0.25) is 0 Å². The Bertz CT molecular complexity index is 6640. The van der Waals surface area contributed by atoms with Gasteiger partial charge < -0.3 is 9.13 Å². The third kappa shape index (κ3) is 12.9. The van der Waals surface area contributed by atoms with Crippen LogP contribution in [0, 0.1) is 11.3 Å². The molecule has 0 saturated carbocycles. The number of hydrogen-bond donors (Lipinski definition) is 0. The molecule has 0 amide bonds. The molecular weight excluding hydrogens is 1440 g/mol. The second-order valence-corrected chi connectivity index (χ2v) is 27.8. The third-order valence-corrected chi connectivity index (χ3v) is 20.6. The largest absolute Gasteiger partial charge is 0.417 e. The van der Waals surface area contributed by atoms with E-state index >= 15 is 13.2 Å². The van der Waals surface area contributed by atoms with Crippen LogP contribution >= 0.6 is 0 Å². The lowest BCUT2D eigenvalue weighted by Gasteiger charge is -2.21. The first-order valence-electron chi connectivity index (χ1n) is 37.5. The molecule has 546 valence electrons. The second kappa shape index (κ2) is 29.0. The molecule has 0 atom stereocenters. The predicted octanol–water partition coefficient (Wildman–Crippen LogP) is 23.2. The second-order valence-electron chi connectivity index (χ2n) is 27.8. The van der Waals surface area contributed by atoms with E-state index in [1.54, 1.807) is 18.2 Å². The van der Waals surface area contributed by atoms with Crippen LogP contribution in [0.25, 0.3) is 203 Å². The average molecular weight is 1500 g/mol. The Hall–Kier alpha value is -16.0. The van der Waals surface area contributed by atoms with E-state index in [2.05, 4.69) is 6.07 Å². The van der Waals surface area contributed by atoms with Crippen molar-refractivity contribution in [3.63, 3.8) is 0 Å². The van der Waals surface area contributed by atoms with Crippen molar-refractivity contribution >= 4 is 43.6 Å². The fourth-order valence-corrected chi connectivity index (χ4v) is 15.1. The fraction of sp³-hybridized carbons (Fsp3) is 0.0102. The van der Waals surface area contributed by atoms with Crippen LogP contribution in [0.1, 0.15) is 11.1 Å². The van der Waals surface area contributed by atoms with Crippen LogP contribution in [-0.2, 0) is 6.18 Å². The van der Waals surface area contributed by atoms with Gasteiger partial charge in [-0.05, 0) is 96.6 Å².